The average Bonchev–Trinajstić information content (AvgIpc) is 2.40. The largest absolute Gasteiger partial charge is 0.394 e. The van der Waals surface area contributed by atoms with E-state index in [1.165, 1.54) is 6.42 Å². The number of aliphatic hydroxyl groups is 1. The first-order valence-corrected chi connectivity index (χ1v) is 6.83. The van der Waals surface area contributed by atoms with Crippen molar-refractivity contribution in [3.63, 3.8) is 0 Å². The van der Waals surface area contributed by atoms with Crippen molar-refractivity contribution < 1.29 is 14.6 Å². The van der Waals surface area contributed by atoms with Crippen molar-refractivity contribution >= 4 is 5.91 Å². The second-order valence-electron chi connectivity index (χ2n) is 5.11. The lowest BCUT2D eigenvalue weighted by Crippen LogP contribution is -2.46. The van der Waals surface area contributed by atoms with Gasteiger partial charge in [0.05, 0.1) is 25.2 Å². The van der Waals surface area contributed by atoms with E-state index in [2.05, 4.69) is 0 Å². The number of rotatable bonds is 3. The van der Waals surface area contributed by atoms with Gasteiger partial charge in [0.2, 0.25) is 5.91 Å². The maximum atomic E-state index is 12.2. The summed E-state index contributed by atoms with van der Waals surface area (Å²) >= 11 is 0. The summed E-state index contributed by atoms with van der Waals surface area (Å²) in [6, 6.07) is 0.0415. The summed E-state index contributed by atoms with van der Waals surface area (Å²) in [5, 5.41) is 9.29. The van der Waals surface area contributed by atoms with Crippen LogP contribution in [0.2, 0.25) is 0 Å². The van der Waals surface area contributed by atoms with Gasteiger partial charge in [-0.3, -0.25) is 4.79 Å². The summed E-state index contributed by atoms with van der Waals surface area (Å²) in [5.74, 6) is 0.163. The Morgan fingerprint density at radius 2 is 2.06 bits per heavy atom. The molecule has 98 valence electrons. The van der Waals surface area contributed by atoms with Gasteiger partial charge >= 0.3 is 0 Å². The van der Waals surface area contributed by atoms with Gasteiger partial charge in [-0.15, -0.1) is 0 Å². The molecular formula is C13H23NO3. The van der Waals surface area contributed by atoms with E-state index >= 15 is 0 Å². The van der Waals surface area contributed by atoms with Crippen LogP contribution in [0.3, 0.4) is 0 Å². The van der Waals surface area contributed by atoms with E-state index in [0.717, 1.165) is 45.3 Å². The summed E-state index contributed by atoms with van der Waals surface area (Å²) in [6.45, 7) is 1.69. The van der Waals surface area contributed by atoms with E-state index in [9.17, 15) is 9.90 Å². The van der Waals surface area contributed by atoms with Crippen molar-refractivity contribution in [2.75, 3.05) is 19.8 Å². The fourth-order valence-electron chi connectivity index (χ4n) is 2.80. The molecule has 2 aliphatic rings. The minimum absolute atomic E-state index is 0.0415. The van der Waals surface area contributed by atoms with Gasteiger partial charge in [0.1, 0.15) is 0 Å². The molecule has 0 bridgehead atoms. The van der Waals surface area contributed by atoms with E-state index in [0.29, 0.717) is 6.42 Å². The first-order chi connectivity index (χ1) is 8.31. The van der Waals surface area contributed by atoms with Gasteiger partial charge in [0, 0.05) is 13.2 Å². The molecule has 2 heterocycles. The highest BCUT2D eigenvalue weighted by Crippen LogP contribution is 2.21. The van der Waals surface area contributed by atoms with Crippen LogP contribution in [0.15, 0.2) is 0 Å². The molecule has 2 fully saturated rings. The molecule has 0 aromatic rings. The third-order valence-corrected chi connectivity index (χ3v) is 3.83. The molecule has 17 heavy (non-hydrogen) atoms. The number of nitrogens with zero attached hydrogens (tertiary/aromatic N) is 1. The monoisotopic (exact) mass is 241 g/mol. The molecule has 2 rings (SSSR count). The molecule has 0 aromatic carbocycles. The third-order valence-electron chi connectivity index (χ3n) is 3.83. The maximum absolute atomic E-state index is 12.2. The molecule has 2 unspecified atom stereocenters. The Morgan fingerprint density at radius 3 is 2.76 bits per heavy atom. The Bertz CT molecular complexity index is 251. The number of piperidine rings is 1. The van der Waals surface area contributed by atoms with Gasteiger partial charge < -0.3 is 14.7 Å². The van der Waals surface area contributed by atoms with Crippen LogP contribution in [0, 0.1) is 0 Å². The second-order valence-corrected chi connectivity index (χ2v) is 5.11. The summed E-state index contributed by atoms with van der Waals surface area (Å²) in [5.41, 5.74) is 0. The Morgan fingerprint density at radius 1 is 1.24 bits per heavy atom. The van der Waals surface area contributed by atoms with Crippen LogP contribution < -0.4 is 0 Å². The molecule has 4 heteroatoms. The summed E-state index contributed by atoms with van der Waals surface area (Å²) in [7, 11) is 0. The van der Waals surface area contributed by atoms with Gasteiger partial charge in [-0.05, 0) is 38.5 Å². The highest BCUT2D eigenvalue weighted by atomic mass is 16.5. The predicted octanol–water partition coefficient (Wildman–Crippen LogP) is 1.32. The lowest BCUT2D eigenvalue weighted by molar-refractivity contribution is -0.139. The van der Waals surface area contributed by atoms with Crippen LogP contribution in [0.25, 0.3) is 0 Å². The fraction of sp³-hybridized carbons (Fsp3) is 0.923. The van der Waals surface area contributed by atoms with Crippen LogP contribution in [-0.4, -0.2) is 47.8 Å². The SMILES string of the molecule is O=C(CC1CCCCO1)N1CCCCC1CO. The standard InChI is InChI=1S/C13H23NO3/c15-10-11-5-1-3-7-14(11)13(16)9-12-6-2-4-8-17-12/h11-12,15H,1-10H2. The molecule has 1 amide bonds. The molecule has 1 N–H and O–H groups in total. The van der Waals surface area contributed by atoms with Crippen LogP contribution >= 0.6 is 0 Å². The number of amides is 1. The van der Waals surface area contributed by atoms with Crippen LogP contribution in [-0.2, 0) is 9.53 Å². The number of hydrogen-bond acceptors (Lipinski definition) is 3. The number of aliphatic hydroxyl groups excluding tert-OH is 1. The minimum Gasteiger partial charge on any atom is -0.394 e. The highest BCUT2D eigenvalue weighted by Gasteiger charge is 2.28. The van der Waals surface area contributed by atoms with Crippen molar-refractivity contribution in [3.05, 3.63) is 0 Å². The Balaban J connectivity index is 1.84. The van der Waals surface area contributed by atoms with Crippen LogP contribution in [0.1, 0.15) is 44.9 Å². The molecule has 0 aliphatic carbocycles. The van der Waals surface area contributed by atoms with Crippen molar-refractivity contribution in [1.29, 1.82) is 0 Å². The zero-order valence-corrected chi connectivity index (χ0v) is 10.4. The van der Waals surface area contributed by atoms with Gasteiger partial charge in [-0.25, -0.2) is 0 Å². The van der Waals surface area contributed by atoms with Gasteiger partial charge in [-0.1, -0.05) is 0 Å². The van der Waals surface area contributed by atoms with E-state index in [1.807, 2.05) is 4.90 Å². The molecule has 4 nitrogen and oxygen atoms in total. The zero-order chi connectivity index (χ0) is 12.1. The summed E-state index contributed by atoms with van der Waals surface area (Å²) in [4.78, 5) is 14.0. The number of likely N-dealkylation sites (tertiary alicyclic amines) is 1. The van der Waals surface area contributed by atoms with Gasteiger partial charge in [0.25, 0.3) is 0 Å². The first kappa shape index (κ1) is 12.8. The quantitative estimate of drug-likeness (QED) is 0.810. The lowest BCUT2D eigenvalue weighted by atomic mass is 10.0. The van der Waals surface area contributed by atoms with Crippen molar-refractivity contribution in [1.82, 2.24) is 4.90 Å². The fourth-order valence-corrected chi connectivity index (χ4v) is 2.80. The van der Waals surface area contributed by atoms with E-state index in [-0.39, 0.29) is 24.7 Å². The average molecular weight is 241 g/mol. The maximum Gasteiger partial charge on any atom is 0.225 e. The molecule has 0 spiro atoms. The normalized spacial score (nSPS) is 30.3. The Kier molecular flexibility index (Phi) is 4.80. The summed E-state index contributed by atoms with van der Waals surface area (Å²) < 4.78 is 5.60. The van der Waals surface area contributed by atoms with E-state index in [1.54, 1.807) is 0 Å². The van der Waals surface area contributed by atoms with Gasteiger partial charge in [-0.2, -0.15) is 0 Å². The van der Waals surface area contributed by atoms with Crippen LogP contribution in [0.4, 0.5) is 0 Å². The molecule has 0 radical (unpaired) electrons. The third kappa shape index (κ3) is 3.42. The molecular weight excluding hydrogens is 218 g/mol. The predicted molar refractivity (Wildman–Crippen MR) is 64.6 cm³/mol. The van der Waals surface area contributed by atoms with Gasteiger partial charge in [0.15, 0.2) is 0 Å². The number of carbonyl (C=O) groups is 1. The van der Waals surface area contributed by atoms with Crippen LogP contribution in [0.5, 0.6) is 0 Å². The molecule has 0 saturated carbocycles. The molecule has 2 saturated heterocycles. The first-order valence-electron chi connectivity index (χ1n) is 6.83. The summed E-state index contributed by atoms with van der Waals surface area (Å²) in [6.07, 6.45) is 7.02. The second kappa shape index (κ2) is 6.36. The van der Waals surface area contributed by atoms with Crippen molar-refractivity contribution in [2.24, 2.45) is 0 Å². The Hall–Kier alpha value is -0.610. The molecule has 2 aliphatic heterocycles. The number of carbonyl (C=O) groups excluding carboxylic acids is 1. The minimum atomic E-state index is 0.0415. The van der Waals surface area contributed by atoms with Crippen molar-refractivity contribution in [3.8, 4) is 0 Å². The van der Waals surface area contributed by atoms with E-state index in [4.69, 9.17) is 4.74 Å². The lowest BCUT2D eigenvalue weighted by Gasteiger charge is -2.36. The zero-order valence-electron chi connectivity index (χ0n) is 10.4. The molecule has 0 aromatic heterocycles. The van der Waals surface area contributed by atoms with Crippen molar-refractivity contribution in [2.45, 2.75) is 57.1 Å². The van der Waals surface area contributed by atoms with E-state index < -0.39 is 0 Å². The highest BCUT2D eigenvalue weighted by molar-refractivity contribution is 5.77. The smallest absolute Gasteiger partial charge is 0.225 e. The topological polar surface area (TPSA) is 49.8 Å². The Labute approximate surface area is 103 Å². The number of ether oxygens (including phenoxy) is 1. The molecule has 2 atom stereocenters. The number of hydrogen-bond donors (Lipinski definition) is 1.